The van der Waals surface area contributed by atoms with Crippen LogP contribution in [-0.2, 0) is 9.47 Å². The fourth-order valence-electron chi connectivity index (χ4n) is 2.55. The lowest BCUT2D eigenvalue weighted by atomic mass is 9.85. The first-order valence-electron chi connectivity index (χ1n) is 6.72. The molecule has 1 fully saturated rings. The van der Waals surface area contributed by atoms with Gasteiger partial charge in [0.15, 0.2) is 0 Å². The van der Waals surface area contributed by atoms with Gasteiger partial charge in [0.1, 0.15) is 0 Å². The number of hydrogen-bond acceptors (Lipinski definition) is 4. The lowest BCUT2D eigenvalue weighted by molar-refractivity contribution is -0.0289. The van der Waals surface area contributed by atoms with Crippen LogP contribution in [0.2, 0.25) is 0 Å². The number of nitrogens with two attached hydrogens (primary N) is 1. The van der Waals surface area contributed by atoms with E-state index in [0.29, 0.717) is 0 Å². The van der Waals surface area contributed by atoms with E-state index in [1.807, 2.05) is 0 Å². The second-order valence-electron chi connectivity index (χ2n) is 5.05. The molecule has 1 heterocycles. The van der Waals surface area contributed by atoms with Crippen molar-refractivity contribution in [1.82, 2.24) is 4.90 Å². The average Bonchev–Trinajstić information content (AvgIpc) is 2.39. The molecular formula is C13H28N2O2. The van der Waals surface area contributed by atoms with Crippen LogP contribution in [0.25, 0.3) is 0 Å². The van der Waals surface area contributed by atoms with Crippen molar-refractivity contribution in [3.05, 3.63) is 0 Å². The zero-order valence-corrected chi connectivity index (χ0v) is 11.6. The highest BCUT2D eigenvalue weighted by atomic mass is 16.5. The summed E-state index contributed by atoms with van der Waals surface area (Å²) in [4.78, 5) is 2.49. The maximum absolute atomic E-state index is 6.40. The predicted octanol–water partition coefficient (Wildman–Crippen LogP) is 1.24. The second-order valence-corrected chi connectivity index (χ2v) is 5.05. The summed E-state index contributed by atoms with van der Waals surface area (Å²) in [5, 5.41) is 0. The highest BCUT2D eigenvalue weighted by molar-refractivity contribution is 4.95. The topological polar surface area (TPSA) is 47.7 Å². The van der Waals surface area contributed by atoms with Gasteiger partial charge in [0, 0.05) is 38.4 Å². The highest BCUT2D eigenvalue weighted by Gasteiger charge is 2.36. The number of rotatable bonds is 7. The van der Waals surface area contributed by atoms with Crippen molar-refractivity contribution in [2.45, 2.75) is 44.7 Å². The standard InChI is InChI=1S/C13H28N2O2/c1-4-13(2,12(14)6-5-9-16-3)15-7-10-17-11-8-15/h12H,4-11,14H2,1-3H3. The van der Waals surface area contributed by atoms with Crippen LogP contribution < -0.4 is 5.73 Å². The first-order chi connectivity index (χ1) is 8.15. The summed E-state index contributed by atoms with van der Waals surface area (Å²) in [6, 6.07) is 0.209. The van der Waals surface area contributed by atoms with Crippen molar-refractivity contribution in [1.29, 1.82) is 0 Å². The summed E-state index contributed by atoms with van der Waals surface area (Å²) >= 11 is 0. The van der Waals surface area contributed by atoms with Crippen molar-refractivity contribution < 1.29 is 9.47 Å². The third-order valence-corrected chi connectivity index (χ3v) is 4.11. The van der Waals surface area contributed by atoms with Gasteiger partial charge in [0.25, 0.3) is 0 Å². The largest absolute Gasteiger partial charge is 0.385 e. The number of hydrogen-bond donors (Lipinski definition) is 1. The molecule has 2 N–H and O–H groups in total. The Morgan fingerprint density at radius 2 is 2.06 bits per heavy atom. The predicted molar refractivity (Wildman–Crippen MR) is 70.2 cm³/mol. The first-order valence-corrected chi connectivity index (χ1v) is 6.72. The molecule has 0 spiro atoms. The summed E-state index contributed by atoms with van der Waals surface area (Å²) in [5.74, 6) is 0. The van der Waals surface area contributed by atoms with E-state index in [-0.39, 0.29) is 11.6 Å². The molecule has 2 unspecified atom stereocenters. The molecule has 0 aromatic rings. The minimum absolute atomic E-state index is 0.0948. The van der Waals surface area contributed by atoms with Gasteiger partial charge in [-0.25, -0.2) is 0 Å². The van der Waals surface area contributed by atoms with Gasteiger partial charge in [0.05, 0.1) is 13.2 Å². The Balaban J connectivity index is 2.52. The average molecular weight is 244 g/mol. The van der Waals surface area contributed by atoms with Crippen LogP contribution in [0.15, 0.2) is 0 Å². The van der Waals surface area contributed by atoms with Gasteiger partial charge in [-0.3, -0.25) is 4.90 Å². The maximum atomic E-state index is 6.40. The van der Waals surface area contributed by atoms with Crippen molar-refractivity contribution in [2.24, 2.45) is 5.73 Å². The van der Waals surface area contributed by atoms with Crippen molar-refractivity contribution >= 4 is 0 Å². The van der Waals surface area contributed by atoms with Crippen LogP contribution in [0.3, 0.4) is 0 Å². The SMILES string of the molecule is CCC(C)(C(N)CCCOC)N1CCOCC1. The normalized spacial score (nSPS) is 23.3. The second kappa shape index (κ2) is 7.31. The van der Waals surface area contributed by atoms with Crippen LogP contribution in [0.5, 0.6) is 0 Å². The van der Waals surface area contributed by atoms with Crippen molar-refractivity contribution in [2.75, 3.05) is 40.0 Å². The van der Waals surface area contributed by atoms with E-state index in [0.717, 1.165) is 52.2 Å². The smallest absolute Gasteiger partial charge is 0.0594 e. The molecule has 1 saturated heterocycles. The Morgan fingerprint density at radius 3 is 2.59 bits per heavy atom. The zero-order chi connectivity index (χ0) is 12.7. The maximum Gasteiger partial charge on any atom is 0.0594 e. The minimum Gasteiger partial charge on any atom is -0.385 e. The van der Waals surface area contributed by atoms with Crippen molar-refractivity contribution in [3.63, 3.8) is 0 Å². The van der Waals surface area contributed by atoms with Gasteiger partial charge in [-0.15, -0.1) is 0 Å². The van der Waals surface area contributed by atoms with Gasteiger partial charge in [-0.05, 0) is 26.2 Å². The Labute approximate surface area is 105 Å². The molecule has 0 amide bonds. The lowest BCUT2D eigenvalue weighted by Gasteiger charge is -2.46. The van der Waals surface area contributed by atoms with E-state index < -0.39 is 0 Å². The monoisotopic (exact) mass is 244 g/mol. The lowest BCUT2D eigenvalue weighted by Crippen LogP contribution is -2.60. The summed E-state index contributed by atoms with van der Waals surface area (Å²) < 4.78 is 10.5. The van der Waals surface area contributed by atoms with Crippen LogP contribution in [0.4, 0.5) is 0 Å². The fourth-order valence-corrected chi connectivity index (χ4v) is 2.55. The number of nitrogens with zero attached hydrogens (tertiary/aromatic N) is 1. The fraction of sp³-hybridized carbons (Fsp3) is 1.00. The van der Waals surface area contributed by atoms with E-state index in [9.17, 15) is 0 Å². The Kier molecular flexibility index (Phi) is 6.41. The minimum atomic E-state index is 0.0948. The number of methoxy groups -OCH3 is 1. The van der Waals surface area contributed by atoms with Crippen LogP contribution >= 0.6 is 0 Å². The van der Waals surface area contributed by atoms with Gasteiger partial charge < -0.3 is 15.2 Å². The summed E-state index contributed by atoms with van der Waals surface area (Å²) in [7, 11) is 1.74. The summed E-state index contributed by atoms with van der Waals surface area (Å²) in [5.41, 5.74) is 6.49. The molecule has 17 heavy (non-hydrogen) atoms. The summed E-state index contributed by atoms with van der Waals surface area (Å²) in [6.07, 6.45) is 3.15. The third-order valence-electron chi connectivity index (χ3n) is 4.11. The molecule has 4 heteroatoms. The molecule has 0 saturated carbocycles. The Hall–Kier alpha value is -0.160. The molecule has 102 valence electrons. The van der Waals surface area contributed by atoms with E-state index in [1.165, 1.54) is 0 Å². The molecule has 0 bridgehead atoms. The van der Waals surface area contributed by atoms with Gasteiger partial charge in [-0.1, -0.05) is 6.92 Å². The molecule has 0 radical (unpaired) electrons. The highest BCUT2D eigenvalue weighted by Crippen LogP contribution is 2.26. The zero-order valence-electron chi connectivity index (χ0n) is 11.6. The van der Waals surface area contributed by atoms with Crippen LogP contribution in [0.1, 0.15) is 33.1 Å². The molecule has 0 aromatic carbocycles. The van der Waals surface area contributed by atoms with E-state index in [1.54, 1.807) is 7.11 Å². The molecule has 4 nitrogen and oxygen atoms in total. The van der Waals surface area contributed by atoms with Gasteiger partial charge in [0.2, 0.25) is 0 Å². The molecule has 1 rings (SSSR count). The molecule has 0 aromatic heterocycles. The number of ether oxygens (including phenoxy) is 2. The molecular weight excluding hydrogens is 216 g/mol. The molecule has 0 aliphatic carbocycles. The quantitative estimate of drug-likeness (QED) is 0.685. The van der Waals surface area contributed by atoms with E-state index in [4.69, 9.17) is 15.2 Å². The van der Waals surface area contributed by atoms with Crippen molar-refractivity contribution in [3.8, 4) is 0 Å². The first kappa shape index (κ1) is 14.9. The van der Waals surface area contributed by atoms with E-state index in [2.05, 4.69) is 18.7 Å². The van der Waals surface area contributed by atoms with Crippen LogP contribution in [0, 0.1) is 0 Å². The van der Waals surface area contributed by atoms with Gasteiger partial charge >= 0.3 is 0 Å². The number of morpholine rings is 1. The third kappa shape index (κ3) is 3.91. The molecule has 1 aliphatic heterocycles. The Morgan fingerprint density at radius 1 is 1.41 bits per heavy atom. The van der Waals surface area contributed by atoms with E-state index >= 15 is 0 Å². The van der Waals surface area contributed by atoms with Gasteiger partial charge in [-0.2, -0.15) is 0 Å². The molecule has 1 aliphatic rings. The summed E-state index contributed by atoms with van der Waals surface area (Å²) in [6.45, 7) is 8.99. The Bertz CT molecular complexity index is 208. The van der Waals surface area contributed by atoms with Crippen LogP contribution in [-0.4, -0.2) is 56.5 Å². The molecule has 2 atom stereocenters.